The fourth-order valence-corrected chi connectivity index (χ4v) is 4.82. The maximum absolute atomic E-state index is 4.82. The average molecular weight is 363 g/mol. The molecule has 2 aliphatic rings. The number of hydrogen-bond acceptors (Lipinski definition) is 6. The number of likely N-dealkylation sites (N-methyl/N-ethyl adjacent to an activating group) is 1. The molecule has 7 heteroatoms. The molecule has 4 rings (SSSR count). The third-order valence-corrected chi connectivity index (χ3v) is 6.53. The van der Waals surface area contributed by atoms with Gasteiger partial charge in [0.2, 0.25) is 10.1 Å². The molecule has 1 aliphatic carbocycles. The molecule has 6 nitrogen and oxygen atoms in total. The number of nitrogens with one attached hydrogen (secondary N) is 1. The minimum absolute atomic E-state index is 0.435. The Bertz CT molecular complexity index is 649. The summed E-state index contributed by atoms with van der Waals surface area (Å²) >= 11 is 1.68. The molecule has 1 atom stereocenters. The smallest absolute Gasteiger partial charge is 0.214 e. The normalized spacial score (nSPS) is 22.0. The van der Waals surface area contributed by atoms with E-state index >= 15 is 0 Å². The Hall–Kier alpha value is -1.18. The van der Waals surface area contributed by atoms with Crippen molar-refractivity contribution >= 4 is 21.4 Å². The molecular formula is C18H30N6S. The van der Waals surface area contributed by atoms with Gasteiger partial charge in [0, 0.05) is 44.7 Å². The molecule has 1 unspecified atom stereocenters. The molecule has 0 amide bonds. The summed E-state index contributed by atoms with van der Waals surface area (Å²) in [6.45, 7) is 8.18. The highest BCUT2D eigenvalue weighted by Gasteiger charge is 2.21. The van der Waals surface area contributed by atoms with E-state index < -0.39 is 0 Å². The molecule has 1 aliphatic heterocycles. The van der Waals surface area contributed by atoms with Gasteiger partial charge in [0.25, 0.3) is 0 Å². The maximum Gasteiger partial charge on any atom is 0.214 e. The first-order chi connectivity index (χ1) is 12.2. The van der Waals surface area contributed by atoms with Crippen molar-refractivity contribution in [3.8, 4) is 0 Å². The molecule has 1 N–H and O–H groups in total. The van der Waals surface area contributed by atoms with Gasteiger partial charge < -0.3 is 15.1 Å². The summed E-state index contributed by atoms with van der Waals surface area (Å²) in [5.41, 5.74) is 1.24. The number of hydrogen-bond donors (Lipinski definition) is 1. The Morgan fingerprint density at radius 3 is 2.72 bits per heavy atom. The van der Waals surface area contributed by atoms with Crippen LogP contribution in [0.1, 0.15) is 50.6 Å². The third kappa shape index (κ3) is 4.15. The molecule has 3 heterocycles. The summed E-state index contributed by atoms with van der Waals surface area (Å²) in [6, 6.07) is 0.435. The van der Waals surface area contributed by atoms with Crippen molar-refractivity contribution in [2.24, 2.45) is 0 Å². The number of anilines is 1. The Kier molecular flexibility index (Phi) is 5.24. The van der Waals surface area contributed by atoms with Crippen LogP contribution in [-0.2, 0) is 0 Å². The quantitative estimate of drug-likeness (QED) is 0.856. The van der Waals surface area contributed by atoms with E-state index in [1.54, 1.807) is 11.3 Å². The van der Waals surface area contributed by atoms with Crippen LogP contribution in [0.5, 0.6) is 0 Å². The number of rotatable bonds is 6. The molecule has 0 bridgehead atoms. The second-order valence-corrected chi connectivity index (χ2v) is 8.72. The zero-order valence-electron chi connectivity index (χ0n) is 15.4. The second kappa shape index (κ2) is 7.60. The highest BCUT2D eigenvalue weighted by atomic mass is 32.1. The fourth-order valence-electron chi connectivity index (χ4n) is 3.92. The number of nitrogens with zero attached hydrogens (tertiary/aromatic N) is 5. The van der Waals surface area contributed by atoms with Crippen LogP contribution in [-0.4, -0.2) is 70.2 Å². The van der Waals surface area contributed by atoms with Crippen LogP contribution in [0.2, 0.25) is 0 Å². The lowest BCUT2D eigenvalue weighted by Crippen LogP contribution is -2.45. The van der Waals surface area contributed by atoms with Crippen LogP contribution in [0, 0.1) is 0 Å². The van der Waals surface area contributed by atoms with E-state index in [9.17, 15) is 0 Å². The summed E-state index contributed by atoms with van der Waals surface area (Å²) in [4.78, 5) is 10.8. The number of aromatic nitrogens is 3. The first kappa shape index (κ1) is 17.2. The Balaban J connectivity index is 1.29. The van der Waals surface area contributed by atoms with Crippen molar-refractivity contribution in [2.75, 3.05) is 45.1 Å². The number of imidazole rings is 1. The van der Waals surface area contributed by atoms with E-state index in [1.807, 2.05) is 4.52 Å². The van der Waals surface area contributed by atoms with Crippen molar-refractivity contribution in [3.05, 3.63) is 11.9 Å². The van der Waals surface area contributed by atoms with Gasteiger partial charge in [0.05, 0.1) is 11.9 Å². The molecule has 0 spiro atoms. The molecule has 2 fully saturated rings. The summed E-state index contributed by atoms with van der Waals surface area (Å²) in [5.74, 6) is 0.660. The molecule has 138 valence electrons. The molecule has 0 aromatic carbocycles. The van der Waals surface area contributed by atoms with Crippen molar-refractivity contribution in [1.82, 2.24) is 24.4 Å². The molecule has 1 saturated heterocycles. The number of piperazine rings is 1. The first-order valence-electron chi connectivity index (χ1n) is 9.71. The first-order valence-corrected chi connectivity index (χ1v) is 10.5. The van der Waals surface area contributed by atoms with Crippen LogP contribution in [0.25, 0.3) is 4.96 Å². The lowest BCUT2D eigenvalue weighted by Gasteiger charge is -2.32. The summed E-state index contributed by atoms with van der Waals surface area (Å²) < 4.78 is 1.97. The van der Waals surface area contributed by atoms with Gasteiger partial charge in [-0.2, -0.15) is 0 Å². The molecule has 2 aromatic rings. The van der Waals surface area contributed by atoms with E-state index in [2.05, 4.69) is 35.3 Å². The average Bonchev–Trinajstić information content (AvgIpc) is 3.29. The van der Waals surface area contributed by atoms with Crippen LogP contribution >= 0.6 is 11.3 Å². The Morgan fingerprint density at radius 1 is 1.24 bits per heavy atom. The van der Waals surface area contributed by atoms with Crippen molar-refractivity contribution < 1.29 is 0 Å². The Morgan fingerprint density at radius 2 is 2.00 bits per heavy atom. The topological polar surface area (TPSA) is 48.7 Å². The van der Waals surface area contributed by atoms with Gasteiger partial charge in [-0.25, -0.2) is 9.50 Å². The standard InChI is InChI=1S/C18H30N6S/c1-14(7-8-23-11-9-22(2)10-12-23)19-17-21-24-13-16(20-18(24)25-17)15-5-3-4-6-15/h13-15H,3-12H2,1-2H3,(H,19,21). The van der Waals surface area contributed by atoms with Gasteiger partial charge in [-0.1, -0.05) is 24.2 Å². The molecule has 25 heavy (non-hydrogen) atoms. The SMILES string of the molecule is CC(CCN1CCN(C)CC1)Nc1nn2cc(C3CCCC3)nc2s1. The van der Waals surface area contributed by atoms with Crippen LogP contribution in [0.15, 0.2) is 6.20 Å². The highest BCUT2D eigenvalue weighted by molar-refractivity contribution is 7.20. The van der Waals surface area contributed by atoms with E-state index in [1.165, 1.54) is 57.6 Å². The monoisotopic (exact) mass is 362 g/mol. The van der Waals surface area contributed by atoms with E-state index in [0.29, 0.717) is 12.0 Å². The van der Waals surface area contributed by atoms with Gasteiger partial charge in [0.1, 0.15) is 0 Å². The van der Waals surface area contributed by atoms with Crippen LogP contribution in [0.3, 0.4) is 0 Å². The van der Waals surface area contributed by atoms with Gasteiger partial charge >= 0.3 is 0 Å². The van der Waals surface area contributed by atoms with E-state index in [0.717, 1.165) is 23.1 Å². The van der Waals surface area contributed by atoms with Crippen molar-refractivity contribution in [2.45, 2.75) is 51.0 Å². The zero-order chi connectivity index (χ0) is 17.2. The predicted octanol–water partition coefficient (Wildman–Crippen LogP) is 2.89. The Labute approximate surface area is 154 Å². The molecule has 2 aromatic heterocycles. The second-order valence-electron chi connectivity index (χ2n) is 7.76. The van der Waals surface area contributed by atoms with Gasteiger partial charge in [-0.15, -0.1) is 5.10 Å². The minimum atomic E-state index is 0.435. The van der Waals surface area contributed by atoms with E-state index in [4.69, 9.17) is 10.1 Å². The molecule has 1 saturated carbocycles. The van der Waals surface area contributed by atoms with Gasteiger partial charge in [0.15, 0.2) is 0 Å². The largest absolute Gasteiger partial charge is 0.358 e. The molecule has 0 radical (unpaired) electrons. The van der Waals surface area contributed by atoms with Gasteiger partial charge in [-0.3, -0.25) is 0 Å². The zero-order valence-corrected chi connectivity index (χ0v) is 16.3. The highest BCUT2D eigenvalue weighted by Crippen LogP contribution is 2.34. The number of fused-ring (bicyclic) bond motifs is 1. The summed E-state index contributed by atoms with van der Waals surface area (Å²) in [6.07, 6.45) is 8.57. The molecular weight excluding hydrogens is 332 g/mol. The summed E-state index contributed by atoms with van der Waals surface area (Å²) in [5, 5.41) is 9.25. The van der Waals surface area contributed by atoms with E-state index in [-0.39, 0.29) is 0 Å². The lowest BCUT2D eigenvalue weighted by molar-refractivity contribution is 0.151. The van der Waals surface area contributed by atoms with Crippen molar-refractivity contribution in [3.63, 3.8) is 0 Å². The van der Waals surface area contributed by atoms with Gasteiger partial charge in [-0.05, 0) is 33.2 Å². The summed E-state index contributed by atoms with van der Waals surface area (Å²) in [7, 11) is 2.21. The van der Waals surface area contributed by atoms with Crippen LogP contribution in [0.4, 0.5) is 5.13 Å². The van der Waals surface area contributed by atoms with Crippen molar-refractivity contribution in [1.29, 1.82) is 0 Å². The minimum Gasteiger partial charge on any atom is -0.358 e. The lowest BCUT2D eigenvalue weighted by atomic mass is 10.1. The fraction of sp³-hybridized carbons (Fsp3) is 0.778. The van der Waals surface area contributed by atoms with Crippen LogP contribution < -0.4 is 5.32 Å². The third-order valence-electron chi connectivity index (χ3n) is 5.68. The predicted molar refractivity (Wildman–Crippen MR) is 104 cm³/mol. The maximum atomic E-state index is 4.82.